The average molecular weight is 358 g/mol. The van der Waals surface area contributed by atoms with Crippen molar-refractivity contribution in [3.63, 3.8) is 0 Å². The fraction of sp³-hybridized carbons (Fsp3) is 0.562. The van der Waals surface area contributed by atoms with Crippen LogP contribution >= 0.6 is 0 Å². The van der Waals surface area contributed by atoms with Gasteiger partial charge in [0.2, 0.25) is 15.9 Å². The normalized spacial score (nSPS) is 11.2. The molecule has 0 radical (unpaired) electrons. The minimum Gasteiger partial charge on any atom is -0.493 e. The summed E-state index contributed by atoms with van der Waals surface area (Å²) >= 11 is 0. The van der Waals surface area contributed by atoms with E-state index < -0.39 is 10.0 Å². The van der Waals surface area contributed by atoms with Gasteiger partial charge in [-0.05, 0) is 18.6 Å². The van der Waals surface area contributed by atoms with Crippen LogP contribution in [0.2, 0.25) is 0 Å². The lowest BCUT2D eigenvalue weighted by atomic mass is 10.2. The minimum atomic E-state index is -3.30. The van der Waals surface area contributed by atoms with Crippen molar-refractivity contribution in [3.05, 3.63) is 18.2 Å². The van der Waals surface area contributed by atoms with Gasteiger partial charge in [-0.1, -0.05) is 13.3 Å². The Morgan fingerprint density at radius 3 is 2.42 bits per heavy atom. The van der Waals surface area contributed by atoms with Crippen LogP contribution in [-0.4, -0.2) is 47.4 Å². The molecule has 0 fully saturated rings. The number of ether oxygens (including phenoxy) is 2. The van der Waals surface area contributed by atoms with Gasteiger partial charge in [0.05, 0.1) is 20.0 Å². The van der Waals surface area contributed by atoms with Crippen molar-refractivity contribution in [2.75, 3.05) is 38.0 Å². The van der Waals surface area contributed by atoms with Crippen LogP contribution in [0.5, 0.6) is 11.5 Å². The zero-order chi connectivity index (χ0) is 18.2. The van der Waals surface area contributed by atoms with Gasteiger partial charge in [-0.25, -0.2) is 13.1 Å². The van der Waals surface area contributed by atoms with E-state index in [9.17, 15) is 13.2 Å². The molecule has 0 aliphatic carbocycles. The van der Waals surface area contributed by atoms with E-state index >= 15 is 0 Å². The third-order valence-corrected chi connectivity index (χ3v) is 4.95. The molecule has 7 nitrogen and oxygen atoms in total. The van der Waals surface area contributed by atoms with Gasteiger partial charge >= 0.3 is 0 Å². The molecule has 0 aromatic heterocycles. The van der Waals surface area contributed by atoms with Gasteiger partial charge < -0.3 is 14.4 Å². The van der Waals surface area contributed by atoms with Crippen LogP contribution in [0.3, 0.4) is 0 Å². The van der Waals surface area contributed by atoms with Crippen LogP contribution in [0.25, 0.3) is 0 Å². The summed E-state index contributed by atoms with van der Waals surface area (Å²) in [5.41, 5.74) is 0.618. The van der Waals surface area contributed by atoms with Crippen molar-refractivity contribution in [2.24, 2.45) is 0 Å². The molecular weight excluding hydrogens is 332 g/mol. The number of rotatable bonds is 10. The lowest BCUT2D eigenvalue weighted by molar-refractivity contribution is -0.116. The molecule has 0 unspecified atom stereocenters. The maximum atomic E-state index is 11.9. The third-order valence-electron chi connectivity index (χ3n) is 3.48. The van der Waals surface area contributed by atoms with Crippen molar-refractivity contribution in [1.29, 1.82) is 0 Å². The van der Waals surface area contributed by atoms with E-state index in [1.165, 1.54) is 26.0 Å². The van der Waals surface area contributed by atoms with E-state index in [0.717, 1.165) is 6.42 Å². The molecule has 0 bridgehead atoms. The molecule has 1 aromatic rings. The van der Waals surface area contributed by atoms with E-state index in [1.54, 1.807) is 18.2 Å². The topological polar surface area (TPSA) is 84.9 Å². The summed E-state index contributed by atoms with van der Waals surface area (Å²) < 4.78 is 36.6. The Morgan fingerprint density at radius 2 is 1.88 bits per heavy atom. The first-order chi connectivity index (χ1) is 11.3. The van der Waals surface area contributed by atoms with E-state index in [-0.39, 0.29) is 24.7 Å². The molecule has 0 heterocycles. The molecule has 0 spiro atoms. The van der Waals surface area contributed by atoms with Crippen molar-refractivity contribution >= 4 is 21.6 Å². The predicted octanol–water partition coefficient (Wildman–Crippen LogP) is 1.78. The fourth-order valence-corrected chi connectivity index (χ4v) is 3.40. The highest BCUT2D eigenvalue weighted by molar-refractivity contribution is 7.89. The molecule has 1 aromatic carbocycles. The van der Waals surface area contributed by atoms with Gasteiger partial charge in [-0.15, -0.1) is 0 Å². The summed E-state index contributed by atoms with van der Waals surface area (Å²) in [7, 11) is -0.255. The number of hydrogen-bond donors (Lipinski definition) is 1. The predicted molar refractivity (Wildman–Crippen MR) is 94.3 cm³/mol. The molecule has 136 valence electrons. The first-order valence-electron chi connectivity index (χ1n) is 7.82. The van der Waals surface area contributed by atoms with Crippen LogP contribution in [0.4, 0.5) is 5.69 Å². The molecule has 24 heavy (non-hydrogen) atoms. The number of anilines is 1. The Balaban J connectivity index is 2.80. The second-order valence-electron chi connectivity index (χ2n) is 5.28. The highest BCUT2D eigenvalue weighted by atomic mass is 32.2. The first kappa shape index (κ1) is 20.2. The summed E-state index contributed by atoms with van der Waals surface area (Å²) in [6.45, 7) is 3.75. The first-order valence-corrected chi connectivity index (χ1v) is 9.47. The zero-order valence-electron chi connectivity index (χ0n) is 14.7. The third kappa shape index (κ3) is 6.01. The Kier molecular flexibility index (Phi) is 8.00. The number of nitrogens with one attached hydrogen (secondary N) is 1. The monoisotopic (exact) mass is 358 g/mol. The molecule has 0 saturated heterocycles. The lowest BCUT2D eigenvalue weighted by Gasteiger charge is -2.22. The standard InChI is InChI=1S/C16H26N2O5S/c1-5-6-11-24(20,21)17-9-10-18(13(2)19)14-7-8-15(22-3)16(12-14)23-4/h7-8,12,17H,5-6,9-11H2,1-4H3. The molecule has 0 saturated carbocycles. The summed E-state index contributed by atoms with van der Waals surface area (Å²) in [5, 5.41) is 0. The number of methoxy groups -OCH3 is 2. The summed E-state index contributed by atoms with van der Waals surface area (Å²) in [6, 6.07) is 5.12. The smallest absolute Gasteiger partial charge is 0.223 e. The van der Waals surface area contributed by atoms with Gasteiger partial charge in [0.25, 0.3) is 0 Å². The highest BCUT2D eigenvalue weighted by Gasteiger charge is 2.16. The highest BCUT2D eigenvalue weighted by Crippen LogP contribution is 2.31. The number of amides is 1. The number of nitrogens with zero attached hydrogens (tertiary/aromatic N) is 1. The zero-order valence-corrected chi connectivity index (χ0v) is 15.5. The fourth-order valence-electron chi connectivity index (χ4n) is 2.18. The number of carbonyl (C=O) groups excluding carboxylic acids is 1. The SMILES string of the molecule is CCCCS(=O)(=O)NCCN(C(C)=O)c1ccc(OC)c(OC)c1. The number of unbranched alkanes of at least 4 members (excludes halogenated alkanes) is 1. The Hall–Kier alpha value is -1.80. The quantitative estimate of drug-likeness (QED) is 0.689. The molecule has 0 atom stereocenters. The molecule has 8 heteroatoms. The van der Waals surface area contributed by atoms with Crippen molar-refractivity contribution < 1.29 is 22.7 Å². The van der Waals surface area contributed by atoms with Gasteiger partial charge in [0, 0.05) is 31.8 Å². The maximum absolute atomic E-state index is 11.9. The van der Waals surface area contributed by atoms with Gasteiger partial charge in [-0.2, -0.15) is 0 Å². The Bertz CT molecular complexity index is 646. The largest absolute Gasteiger partial charge is 0.493 e. The van der Waals surface area contributed by atoms with Gasteiger partial charge in [0.1, 0.15) is 0 Å². The lowest BCUT2D eigenvalue weighted by Crippen LogP contribution is -2.38. The summed E-state index contributed by atoms with van der Waals surface area (Å²) in [5.74, 6) is 0.977. The molecule has 1 amide bonds. The number of carbonyl (C=O) groups is 1. The molecule has 1 N–H and O–H groups in total. The van der Waals surface area contributed by atoms with Gasteiger partial charge in [-0.3, -0.25) is 4.79 Å². The Labute approximate surface area is 144 Å². The maximum Gasteiger partial charge on any atom is 0.223 e. The number of benzene rings is 1. The molecule has 1 rings (SSSR count). The van der Waals surface area contributed by atoms with Crippen molar-refractivity contribution in [1.82, 2.24) is 4.72 Å². The number of sulfonamides is 1. The second-order valence-corrected chi connectivity index (χ2v) is 7.20. The van der Waals surface area contributed by atoms with Crippen LogP contribution in [0.15, 0.2) is 18.2 Å². The van der Waals surface area contributed by atoms with Gasteiger partial charge in [0.15, 0.2) is 11.5 Å². The van der Waals surface area contributed by atoms with E-state index in [0.29, 0.717) is 23.6 Å². The summed E-state index contributed by atoms with van der Waals surface area (Å²) in [6.07, 6.45) is 1.42. The molecule has 0 aliphatic rings. The van der Waals surface area contributed by atoms with Crippen LogP contribution in [-0.2, 0) is 14.8 Å². The average Bonchev–Trinajstić information content (AvgIpc) is 2.56. The second kappa shape index (κ2) is 9.48. The molecule has 0 aliphatic heterocycles. The van der Waals surface area contributed by atoms with E-state index in [2.05, 4.69) is 4.72 Å². The van der Waals surface area contributed by atoms with E-state index in [4.69, 9.17) is 9.47 Å². The Morgan fingerprint density at radius 1 is 1.21 bits per heavy atom. The van der Waals surface area contributed by atoms with Crippen LogP contribution in [0, 0.1) is 0 Å². The summed E-state index contributed by atoms with van der Waals surface area (Å²) in [4.78, 5) is 13.4. The number of hydrogen-bond acceptors (Lipinski definition) is 5. The van der Waals surface area contributed by atoms with E-state index in [1.807, 2.05) is 6.92 Å². The van der Waals surface area contributed by atoms with Crippen molar-refractivity contribution in [2.45, 2.75) is 26.7 Å². The van der Waals surface area contributed by atoms with Crippen molar-refractivity contribution in [3.8, 4) is 11.5 Å². The van der Waals surface area contributed by atoms with Crippen LogP contribution < -0.4 is 19.1 Å². The molecular formula is C16H26N2O5S. The van der Waals surface area contributed by atoms with Crippen LogP contribution in [0.1, 0.15) is 26.7 Å². The minimum absolute atomic E-state index is 0.0972.